The molecule has 2 aromatic carbocycles. The lowest BCUT2D eigenvalue weighted by molar-refractivity contribution is -0.117. The van der Waals surface area contributed by atoms with Gasteiger partial charge in [0.25, 0.3) is 0 Å². The van der Waals surface area contributed by atoms with E-state index < -0.39 is 0 Å². The van der Waals surface area contributed by atoms with Gasteiger partial charge in [-0.3, -0.25) is 9.69 Å². The van der Waals surface area contributed by atoms with Crippen molar-refractivity contribution in [2.24, 2.45) is 5.41 Å². The van der Waals surface area contributed by atoms with E-state index in [2.05, 4.69) is 58.5 Å². The van der Waals surface area contributed by atoms with Crippen molar-refractivity contribution in [2.45, 2.75) is 32.7 Å². The molecule has 1 N–H and O–H groups in total. The second-order valence-electron chi connectivity index (χ2n) is 8.55. The molecule has 2 aliphatic rings. The van der Waals surface area contributed by atoms with Crippen LogP contribution >= 0.6 is 0 Å². The number of benzene rings is 2. The van der Waals surface area contributed by atoms with Gasteiger partial charge in [-0.1, -0.05) is 36.4 Å². The average molecular weight is 374 g/mol. The molecule has 3 aromatic rings. The number of amides is 1. The first kappa shape index (κ1) is 17.5. The summed E-state index contributed by atoms with van der Waals surface area (Å²) in [7, 11) is 0. The van der Waals surface area contributed by atoms with Crippen LogP contribution in [0.4, 0.5) is 5.69 Å². The highest BCUT2D eigenvalue weighted by Gasteiger charge is 2.41. The summed E-state index contributed by atoms with van der Waals surface area (Å²) in [5.41, 5.74) is 5.25. The molecule has 1 aromatic heterocycles. The number of likely N-dealkylation sites (tertiary alicyclic amines) is 1. The highest BCUT2D eigenvalue weighted by atomic mass is 16.2. The van der Waals surface area contributed by atoms with Crippen LogP contribution in [0.2, 0.25) is 0 Å². The number of H-pyrrole nitrogens is 1. The van der Waals surface area contributed by atoms with E-state index in [-0.39, 0.29) is 11.3 Å². The lowest BCUT2D eigenvalue weighted by Crippen LogP contribution is -2.51. The fraction of sp³-hybridized carbons (Fsp3) is 0.375. The van der Waals surface area contributed by atoms with Gasteiger partial charge in [-0.25, -0.2) is 0 Å². The van der Waals surface area contributed by atoms with Crippen LogP contribution in [0.1, 0.15) is 30.9 Å². The van der Waals surface area contributed by atoms with Crippen molar-refractivity contribution < 1.29 is 4.79 Å². The first-order valence-electron chi connectivity index (χ1n) is 10.3. The zero-order valence-electron chi connectivity index (χ0n) is 16.4. The van der Waals surface area contributed by atoms with Gasteiger partial charge in [0, 0.05) is 42.8 Å². The summed E-state index contributed by atoms with van der Waals surface area (Å²) >= 11 is 0. The predicted octanol–water partition coefficient (Wildman–Crippen LogP) is 4.36. The van der Waals surface area contributed by atoms with Crippen LogP contribution in [0, 0.1) is 5.41 Å². The molecule has 0 saturated carbocycles. The molecule has 2 aliphatic heterocycles. The summed E-state index contributed by atoms with van der Waals surface area (Å²) < 4.78 is 0. The Labute approximate surface area is 166 Å². The molecule has 0 radical (unpaired) electrons. The topological polar surface area (TPSA) is 39.3 Å². The average Bonchev–Trinajstić information content (AvgIpc) is 3.12. The molecule has 4 heteroatoms. The molecule has 3 heterocycles. The normalized spacial score (nSPS) is 19.1. The number of hydrogen-bond donors (Lipinski definition) is 1. The summed E-state index contributed by atoms with van der Waals surface area (Å²) in [6, 6.07) is 17.0. The highest BCUT2D eigenvalue weighted by Crippen LogP contribution is 2.43. The summed E-state index contributed by atoms with van der Waals surface area (Å²) in [5, 5.41) is 1.33. The summed E-state index contributed by atoms with van der Waals surface area (Å²) in [5.74, 6) is 0.160. The standard InChI is InChI=1S/C24H27N3O/c1-18(28)27-17-24(14-19-6-2-5-9-23(19)27)10-12-26(13-11-24)16-20-15-25-22-8-4-3-7-21(20)22/h2-9,15,25H,10-14,16-17H2,1H3. The van der Waals surface area contributed by atoms with Gasteiger partial charge in [0.1, 0.15) is 0 Å². The Hall–Kier alpha value is -2.59. The smallest absolute Gasteiger partial charge is 0.223 e. The van der Waals surface area contributed by atoms with Crippen LogP contribution in [-0.2, 0) is 17.8 Å². The van der Waals surface area contributed by atoms with E-state index in [1.807, 2.05) is 11.0 Å². The maximum atomic E-state index is 12.3. The van der Waals surface area contributed by atoms with Crippen molar-refractivity contribution >= 4 is 22.5 Å². The van der Waals surface area contributed by atoms with E-state index in [0.29, 0.717) is 0 Å². The van der Waals surface area contributed by atoms with E-state index >= 15 is 0 Å². The maximum Gasteiger partial charge on any atom is 0.223 e. The van der Waals surface area contributed by atoms with Gasteiger partial charge in [0.2, 0.25) is 5.91 Å². The number of carbonyl (C=O) groups is 1. The van der Waals surface area contributed by atoms with Gasteiger partial charge in [-0.05, 0) is 61.0 Å². The fourth-order valence-corrected chi connectivity index (χ4v) is 5.11. The molecule has 0 bridgehead atoms. The lowest BCUT2D eigenvalue weighted by Gasteiger charge is -2.48. The Morgan fingerprint density at radius 1 is 1.07 bits per heavy atom. The molecule has 0 atom stereocenters. The van der Waals surface area contributed by atoms with E-state index in [1.54, 1.807) is 6.92 Å². The number of nitrogens with zero attached hydrogens (tertiary/aromatic N) is 2. The van der Waals surface area contributed by atoms with Gasteiger partial charge >= 0.3 is 0 Å². The second kappa shape index (κ2) is 6.78. The third-order valence-electron chi connectivity index (χ3n) is 6.71. The van der Waals surface area contributed by atoms with Crippen molar-refractivity contribution in [3.63, 3.8) is 0 Å². The molecule has 0 unspecified atom stereocenters. The quantitative estimate of drug-likeness (QED) is 0.725. The zero-order chi connectivity index (χ0) is 19.1. The van der Waals surface area contributed by atoms with Gasteiger partial charge in [-0.2, -0.15) is 0 Å². The summed E-state index contributed by atoms with van der Waals surface area (Å²) in [6.45, 7) is 5.73. The molecule has 4 nitrogen and oxygen atoms in total. The number of carbonyl (C=O) groups excluding carboxylic acids is 1. The molecule has 28 heavy (non-hydrogen) atoms. The van der Waals surface area contributed by atoms with Crippen molar-refractivity contribution in [1.82, 2.24) is 9.88 Å². The van der Waals surface area contributed by atoms with Crippen LogP contribution in [0.25, 0.3) is 10.9 Å². The van der Waals surface area contributed by atoms with Gasteiger partial charge in [0.05, 0.1) is 0 Å². The minimum absolute atomic E-state index is 0.160. The molecule has 1 amide bonds. The van der Waals surface area contributed by atoms with Gasteiger partial charge in [-0.15, -0.1) is 0 Å². The number of aromatic amines is 1. The van der Waals surface area contributed by atoms with Crippen molar-refractivity contribution in [2.75, 3.05) is 24.5 Å². The van der Waals surface area contributed by atoms with E-state index in [9.17, 15) is 4.79 Å². The monoisotopic (exact) mass is 373 g/mol. The van der Waals surface area contributed by atoms with Crippen LogP contribution < -0.4 is 4.90 Å². The van der Waals surface area contributed by atoms with Crippen LogP contribution in [0.5, 0.6) is 0 Å². The molecule has 0 aliphatic carbocycles. The number of nitrogens with one attached hydrogen (secondary N) is 1. The Morgan fingerprint density at radius 3 is 2.64 bits per heavy atom. The van der Waals surface area contributed by atoms with Crippen LogP contribution in [0.15, 0.2) is 54.7 Å². The number of piperidine rings is 1. The first-order chi connectivity index (χ1) is 13.6. The Balaban J connectivity index is 1.32. The second-order valence-corrected chi connectivity index (χ2v) is 8.55. The Bertz CT molecular complexity index is 1010. The molecule has 1 saturated heterocycles. The van der Waals surface area contributed by atoms with E-state index in [0.717, 1.165) is 51.1 Å². The van der Waals surface area contributed by atoms with Crippen LogP contribution in [0.3, 0.4) is 0 Å². The Morgan fingerprint density at radius 2 is 1.82 bits per heavy atom. The predicted molar refractivity (Wildman–Crippen MR) is 113 cm³/mol. The number of para-hydroxylation sites is 2. The number of anilines is 1. The summed E-state index contributed by atoms with van der Waals surface area (Å²) in [6.07, 6.45) is 5.54. The van der Waals surface area contributed by atoms with Gasteiger partial charge in [0.15, 0.2) is 0 Å². The van der Waals surface area contributed by atoms with Gasteiger partial charge < -0.3 is 9.88 Å². The number of rotatable bonds is 2. The molecule has 1 spiro atoms. The van der Waals surface area contributed by atoms with Crippen molar-refractivity contribution in [3.8, 4) is 0 Å². The number of hydrogen-bond acceptors (Lipinski definition) is 2. The SMILES string of the molecule is CC(=O)N1CC2(CCN(Cc3c[nH]c4ccccc34)CC2)Cc2ccccc21. The largest absolute Gasteiger partial charge is 0.361 e. The molecule has 1 fully saturated rings. The van der Waals surface area contributed by atoms with Crippen LogP contribution in [-0.4, -0.2) is 35.4 Å². The lowest BCUT2D eigenvalue weighted by atomic mass is 9.71. The zero-order valence-corrected chi connectivity index (χ0v) is 16.4. The number of fused-ring (bicyclic) bond motifs is 2. The Kier molecular flexibility index (Phi) is 4.24. The van der Waals surface area contributed by atoms with E-state index in [4.69, 9.17) is 0 Å². The third kappa shape index (κ3) is 3.02. The molecular formula is C24H27N3O. The maximum absolute atomic E-state index is 12.3. The molecular weight excluding hydrogens is 346 g/mol. The third-order valence-corrected chi connectivity index (χ3v) is 6.71. The van der Waals surface area contributed by atoms with E-state index in [1.165, 1.54) is 22.0 Å². The van der Waals surface area contributed by atoms with Crippen molar-refractivity contribution in [1.29, 1.82) is 0 Å². The fourth-order valence-electron chi connectivity index (χ4n) is 5.11. The minimum atomic E-state index is 0.160. The number of aromatic nitrogens is 1. The summed E-state index contributed by atoms with van der Waals surface area (Å²) in [4.78, 5) is 20.3. The first-order valence-corrected chi connectivity index (χ1v) is 10.3. The van der Waals surface area contributed by atoms with Crippen molar-refractivity contribution in [3.05, 3.63) is 65.9 Å². The highest BCUT2D eigenvalue weighted by molar-refractivity contribution is 5.93. The minimum Gasteiger partial charge on any atom is -0.361 e. The molecule has 144 valence electrons. The molecule has 5 rings (SSSR count).